The van der Waals surface area contributed by atoms with Gasteiger partial charge in [-0.05, 0) is 55.0 Å². The Kier molecular flexibility index (Phi) is 4.11. The van der Waals surface area contributed by atoms with Crippen molar-refractivity contribution in [2.75, 3.05) is 0 Å². The third kappa shape index (κ3) is 2.90. The van der Waals surface area contributed by atoms with Crippen LogP contribution >= 0.6 is 22.9 Å². The lowest BCUT2D eigenvalue weighted by Gasteiger charge is -2.09. The standard InChI is InChI=1S/C16H16ClFOS/c17-12-6-5-10(13(18)9-12)7-14(19)16-8-11-3-1-2-4-15(11)20-16/h5-6,8-9,14,19H,1-4,7H2. The minimum atomic E-state index is -0.638. The summed E-state index contributed by atoms with van der Waals surface area (Å²) in [5, 5.41) is 10.7. The van der Waals surface area contributed by atoms with E-state index in [0.717, 1.165) is 17.7 Å². The van der Waals surface area contributed by atoms with Crippen molar-refractivity contribution in [2.24, 2.45) is 0 Å². The molecule has 2 aromatic rings. The lowest BCUT2D eigenvalue weighted by Crippen LogP contribution is -2.01. The van der Waals surface area contributed by atoms with Crippen LogP contribution in [-0.2, 0) is 19.3 Å². The van der Waals surface area contributed by atoms with Crippen LogP contribution in [0.2, 0.25) is 5.02 Å². The second-order valence-corrected chi connectivity index (χ2v) is 6.86. The monoisotopic (exact) mass is 310 g/mol. The molecule has 3 rings (SSSR count). The van der Waals surface area contributed by atoms with Crippen LogP contribution in [0.4, 0.5) is 4.39 Å². The summed E-state index contributed by atoms with van der Waals surface area (Å²) in [5.41, 5.74) is 1.88. The SMILES string of the molecule is OC(Cc1ccc(Cl)cc1F)c1cc2c(s1)CCCC2. The van der Waals surface area contributed by atoms with Gasteiger partial charge < -0.3 is 5.11 Å². The molecule has 0 radical (unpaired) electrons. The number of benzene rings is 1. The first-order valence-electron chi connectivity index (χ1n) is 6.87. The molecule has 0 saturated heterocycles. The van der Waals surface area contributed by atoms with Gasteiger partial charge in [0.25, 0.3) is 0 Å². The molecule has 1 N–H and O–H groups in total. The fourth-order valence-electron chi connectivity index (χ4n) is 2.67. The highest BCUT2D eigenvalue weighted by Gasteiger charge is 2.19. The van der Waals surface area contributed by atoms with E-state index >= 15 is 0 Å². The molecule has 0 aliphatic heterocycles. The molecule has 1 atom stereocenters. The van der Waals surface area contributed by atoms with Crippen molar-refractivity contribution in [3.05, 3.63) is 56.0 Å². The van der Waals surface area contributed by atoms with Crippen molar-refractivity contribution in [3.63, 3.8) is 0 Å². The smallest absolute Gasteiger partial charge is 0.127 e. The van der Waals surface area contributed by atoms with Gasteiger partial charge in [-0.2, -0.15) is 0 Å². The predicted molar refractivity (Wildman–Crippen MR) is 81.0 cm³/mol. The van der Waals surface area contributed by atoms with E-state index in [4.69, 9.17) is 11.6 Å². The van der Waals surface area contributed by atoms with Crippen LogP contribution in [0, 0.1) is 5.82 Å². The summed E-state index contributed by atoms with van der Waals surface area (Å²) in [6.07, 6.45) is 4.33. The molecule has 0 bridgehead atoms. The lowest BCUT2D eigenvalue weighted by molar-refractivity contribution is 0.181. The molecule has 1 unspecified atom stereocenters. The third-order valence-corrected chi connectivity index (χ3v) is 5.35. The molecule has 0 spiro atoms. The van der Waals surface area contributed by atoms with E-state index in [2.05, 4.69) is 6.07 Å². The molecule has 0 fully saturated rings. The van der Waals surface area contributed by atoms with Gasteiger partial charge in [0.2, 0.25) is 0 Å². The summed E-state index contributed by atoms with van der Waals surface area (Å²) in [7, 11) is 0. The average molecular weight is 311 g/mol. The van der Waals surface area contributed by atoms with Gasteiger partial charge in [-0.3, -0.25) is 0 Å². The molecular formula is C16H16ClFOS. The van der Waals surface area contributed by atoms with Crippen LogP contribution in [0.25, 0.3) is 0 Å². The second-order valence-electron chi connectivity index (χ2n) is 5.26. The quantitative estimate of drug-likeness (QED) is 0.871. The number of aliphatic hydroxyl groups is 1. The van der Waals surface area contributed by atoms with Crippen molar-refractivity contribution in [2.45, 2.75) is 38.2 Å². The Labute approximate surface area is 127 Å². The Morgan fingerprint density at radius 3 is 2.80 bits per heavy atom. The molecule has 1 aromatic carbocycles. The highest BCUT2D eigenvalue weighted by molar-refractivity contribution is 7.12. The fraction of sp³-hybridized carbons (Fsp3) is 0.375. The Bertz CT molecular complexity index is 599. The molecule has 1 nitrogen and oxygen atoms in total. The molecule has 0 amide bonds. The molecule has 106 valence electrons. The van der Waals surface area contributed by atoms with Crippen LogP contribution in [-0.4, -0.2) is 5.11 Å². The Balaban J connectivity index is 1.78. The van der Waals surface area contributed by atoms with E-state index in [1.807, 2.05) is 0 Å². The van der Waals surface area contributed by atoms with E-state index in [9.17, 15) is 9.50 Å². The molecule has 1 aliphatic rings. The zero-order chi connectivity index (χ0) is 14.1. The van der Waals surface area contributed by atoms with Crippen molar-refractivity contribution in [1.29, 1.82) is 0 Å². The van der Waals surface area contributed by atoms with Gasteiger partial charge in [0.15, 0.2) is 0 Å². The maximum Gasteiger partial charge on any atom is 0.127 e. The summed E-state index contributed by atoms with van der Waals surface area (Å²) in [5.74, 6) is -0.349. The first-order valence-corrected chi connectivity index (χ1v) is 8.06. The van der Waals surface area contributed by atoms with Crippen LogP contribution in [0.3, 0.4) is 0 Å². The second kappa shape index (κ2) is 5.84. The van der Waals surface area contributed by atoms with Gasteiger partial charge in [0.1, 0.15) is 5.82 Å². The Morgan fingerprint density at radius 1 is 1.25 bits per heavy atom. The van der Waals surface area contributed by atoms with Gasteiger partial charge in [-0.25, -0.2) is 4.39 Å². The highest BCUT2D eigenvalue weighted by atomic mass is 35.5. The number of aryl methyl sites for hydroxylation is 2. The number of halogens is 2. The van der Waals surface area contributed by atoms with Gasteiger partial charge in [-0.15, -0.1) is 11.3 Å². The van der Waals surface area contributed by atoms with Gasteiger partial charge in [0.05, 0.1) is 6.10 Å². The average Bonchev–Trinajstić information content (AvgIpc) is 2.86. The Morgan fingerprint density at radius 2 is 2.05 bits per heavy atom. The maximum atomic E-state index is 13.8. The third-order valence-electron chi connectivity index (χ3n) is 3.77. The van der Waals surface area contributed by atoms with Crippen LogP contribution < -0.4 is 0 Å². The normalized spacial score (nSPS) is 15.9. The van der Waals surface area contributed by atoms with E-state index in [-0.39, 0.29) is 5.82 Å². The van der Waals surface area contributed by atoms with Crippen molar-refractivity contribution >= 4 is 22.9 Å². The van der Waals surface area contributed by atoms with E-state index in [1.54, 1.807) is 23.5 Å². The fourth-order valence-corrected chi connectivity index (χ4v) is 4.08. The Hall–Kier alpha value is -0.900. The van der Waals surface area contributed by atoms with Gasteiger partial charge in [-0.1, -0.05) is 17.7 Å². The predicted octanol–water partition coefficient (Wildman–Crippen LogP) is 4.70. The molecule has 1 aromatic heterocycles. The van der Waals surface area contributed by atoms with Gasteiger partial charge in [0, 0.05) is 21.2 Å². The number of hydrogen-bond donors (Lipinski definition) is 1. The summed E-state index contributed by atoms with van der Waals surface area (Å²) in [6.45, 7) is 0. The largest absolute Gasteiger partial charge is 0.387 e. The first-order chi connectivity index (χ1) is 9.63. The summed E-state index contributed by atoms with van der Waals surface area (Å²) in [6, 6.07) is 6.70. The summed E-state index contributed by atoms with van der Waals surface area (Å²) < 4.78 is 13.8. The lowest BCUT2D eigenvalue weighted by atomic mass is 9.98. The molecule has 1 aliphatic carbocycles. The number of rotatable bonds is 3. The molecular weight excluding hydrogens is 295 g/mol. The summed E-state index contributed by atoms with van der Waals surface area (Å²) in [4.78, 5) is 2.34. The van der Waals surface area contributed by atoms with E-state index in [1.165, 1.54) is 29.3 Å². The van der Waals surface area contributed by atoms with E-state index in [0.29, 0.717) is 17.0 Å². The van der Waals surface area contributed by atoms with Crippen molar-refractivity contribution in [1.82, 2.24) is 0 Å². The molecule has 1 heterocycles. The van der Waals surface area contributed by atoms with Crippen molar-refractivity contribution in [3.8, 4) is 0 Å². The number of fused-ring (bicyclic) bond motifs is 1. The summed E-state index contributed by atoms with van der Waals surface area (Å²) >= 11 is 7.41. The minimum absolute atomic E-state index is 0.294. The number of thiophene rings is 1. The van der Waals surface area contributed by atoms with E-state index < -0.39 is 6.10 Å². The number of hydrogen-bond acceptors (Lipinski definition) is 2. The van der Waals surface area contributed by atoms with Gasteiger partial charge >= 0.3 is 0 Å². The molecule has 20 heavy (non-hydrogen) atoms. The van der Waals surface area contributed by atoms with Crippen LogP contribution in [0.5, 0.6) is 0 Å². The molecule has 4 heteroatoms. The maximum absolute atomic E-state index is 13.8. The van der Waals surface area contributed by atoms with Crippen LogP contribution in [0.15, 0.2) is 24.3 Å². The van der Waals surface area contributed by atoms with Crippen LogP contribution in [0.1, 0.15) is 39.8 Å². The zero-order valence-electron chi connectivity index (χ0n) is 11.0. The molecule has 0 saturated carbocycles. The zero-order valence-corrected chi connectivity index (χ0v) is 12.6. The highest BCUT2D eigenvalue weighted by Crippen LogP contribution is 2.34. The topological polar surface area (TPSA) is 20.2 Å². The first kappa shape index (κ1) is 14.1. The van der Waals surface area contributed by atoms with Crippen molar-refractivity contribution < 1.29 is 9.50 Å². The minimum Gasteiger partial charge on any atom is -0.387 e. The number of aliphatic hydroxyl groups excluding tert-OH is 1.